The van der Waals surface area contributed by atoms with E-state index in [0.29, 0.717) is 0 Å². The van der Waals surface area contributed by atoms with Gasteiger partial charge in [-0.05, 0) is 0 Å². The summed E-state index contributed by atoms with van der Waals surface area (Å²) in [6, 6.07) is 2.15. The second-order valence-corrected chi connectivity index (χ2v) is 4.40. The molecular weight excluding hydrogens is 235 g/mol. The number of hydrogen-bond donors (Lipinski definition) is 0. The fraction of sp³-hybridized carbons (Fsp3) is 0.727. The van der Waals surface area contributed by atoms with Gasteiger partial charge in [0.2, 0.25) is 0 Å². The van der Waals surface area contributed by atoms with Crippen LogP contribution < -0.4 is 0 Å². The molecule has 0 spiro atoms. The molecule has 1 nitrogen and oxygen atoms in total. The standard InChI is InChI=1S/C11H19N.Y/c1-9(8-12)6-7-10(2)11(3,4)5;/h9H,1,6-7H2,2-5H3;/q-2;. The molecule has 0 amide bonds. The molecule has 0 fully saturated rings. The van der Waals surface area contributed by atoms with Crippen molar-refractivity contribution in [3.05, 3.63) is 12.8 Å². The summed E-state index contributed by atoms with van der Waals surface area (Å²) in [4.78, 5) is 0. The molecule has 1 atom stereocenters. The second-order valence-electron chi connectivity index (χ2n) is 4.40. The average molecular weight is 254 g/mol. The van der Waals surface area contributed by atoms with Gasteiger partial charge in [0.25, 0.3) is 0 Å². The third kappa shape index (κ3) is 7.65. The number of rotatable bonds is 3. The maximum atomic E-state index is 8.53. The Morgan fingerprint density at radius 3 is 2.23 bits per heavy atom. The van der Waals surface area contributed by atoms with Gasteiger partial charge in [0.05, 0.1) is 0 Å². The topological polar surface area (TPSA) is 23.8 Å². The van der Waals surface area contributed by atoms with Crippen molar-refractivity contribution >= 4 is 0 Å². The molecule has 0 heterocycles. The minimum Gasteiger partial charge on any atom is -0.327 e. The van der Waals surface area contributed by atoms with Crippen LogP contribution in [-0.2, 0) is 32.7 Å². The first-order valence-corrected chi connectivity index (χ1v) is 4.43. The van der Waals surface area contributed by atoms with E-state index in [1.165, 1.54) is 5.92 Å². The van der Waals surface area contributed by atoms with Crippen LogP contribution >= 0.6 is 0 Å². The van der Waals surface area contributed by atoms with Crippen LogP contribution in [0.5, 0.6) is 0 Å². The molecule has 0 aromatic heterocycles. The summed E-state index contributed by atoms with van der Waals surface area (Å²) < 4.78 is 0. The summed E-state index contributed by atoms with van der Waals surface area (Å²) in [5, 5.41) is 8.53. The normalized spacial score (nSPS) is 13.3. The summed E-state index contributed by atoms with van der Waals surface area (Å²) in [5.74, 6) is 1.40. The molecule has 0 aromatic carbocycles. The Morgan fingerprint density at radius 2 is 1.92 bits per heavy atom. The van der Waals surface area contributed by atoms with Crippen molar-refractivity contribution in [1.82, 2.24) is 0 Å². The van der Waals surface area contributed by atoms with Gasteiger partial charge in [0.15, 0.2) is 0 Å². The first-order chi connectivity index (χ1) is 5.38. The molecule has 0 saturated heterocycles. The summed E-state index contributed by atoms with van der Waals surface area (Å²) in [6.07, 6.45) is 1.91. The number of nitriles is 1. The molecule has 13 heavy (non-hydrogen) atoms. The van der Waals surface area contributed by atoms with E-state index in [1.54, 1.807) is 0 Å². The van der Waals surface area contributed by atoms with E-state index in [0.717, 1.165) is 12.8 Å². The fourth-order valence-corrected chi connectivity index (χ4v) is 0.830. The Kier molecular flexibility index (Phi) is 8.59. The van der Waals surface area contributed by atoms with Gasteiger partial charge in [-0.25, -0.2) is 5.26 Å². The predicted octanol–water partition coefficient (Wildman–Crippen LogP) is 3.38. The van der Waals surface area contributed by atoms with Gasteiger partial charge in [-0.2, -0.15) is 18.8 Å². The maximum Gasteiger partial charge on any atom is 0.0323 e. The van der Waals surface area contributed by atoms with E-state index >= 15 is 0 Å². The van der Waals surface area contributed by atoms with Gasteiger partial charge < -0.3 is 12.8 Å². The smallest absolute Gasteiger partial charge is 0.0323 e. The molecule has 0 rings (SSSR count). The average Bonchev–Trinajstić information content (AvgIpc) is 1.97. The Labute approximate surface area is 108 Å². The zero-order chi connectivity index (χ0) is 9.78. The van der Waals surface area contributed by atoms with Crippen LogP contribution in [0.15, 0.2) is 0 Å². The zero-order valence-electron chi connectivity index (χ0n) is 9.22. The van der Waals surface area contributed by atoms with E-state index in [1.807, 2.05) is 0 Å². The Morgan fingerprint density at radius 1 is 1.46 bits per heavy atom. The number of hydrogen-bond acceptors (Lipinski definition) is 1. The van der Waals surface area contributed by atoms with Crippen molar-refractivity contribution in [3.63, 3.8) is 0 Å². The van der Waals surface area contributed by atoms with E-state index in [9.17, 15) is 0 Å². The SMILES string of the molecule is [CH2-]C(C#N)CC[C-](C)C(C)(C)C.[Y]. The monoisotopic (exact) mass is 254 g/mol. The molecule has 0 aliphatic rings. The molecule has 0 saturated carbocycles. The summed E-state index contributed by atoms with van der Waals surface area (Å²) >= 11 is 0. The van der Waals surface area contributed by atoms with Crippen LogP contribution in [0.3, 0.4) is 0 Å². The summed E-state index contributed by atoms with van der Waals surface area (Å²) in [5.41, 5.74) is 0.273. The first-order valence-electron chi connectivity index (χ1n) is 4.43. The maximum absolute atomic E-state index is 8.53. The van der Waals surface area contributed by atoms with Gasteiger partial charge in [0, 0.05) is 38.8 Å². The molecule has 73 valence electrons. The summed E-state index contributed by atoms with van der Waals surface area (Å²) in [7, 11) is 0. The molecule has 0 N–H and O–H groups in total. The van der Waals surface area contributed by atoms with Gasteiger partial charge in [0.1, 0.15) is 0 Å². The Hall–Kier alpha value is 0.594. The molecule has 0 aromatic rings. The largest absolute Gasteiger partial charge is 0.327 e. The third-order valence-corrected chi connectivity index (χ3v) is 2.33. The van der Waals surface area contributed by atoms with Crippen LogP contribution in [-0.4, -0.2) is 0 Å². The van der Waals surface area contributed by atoms with Gasteiger partial charge in [-0.15, -0.1) is 0 Å². The van der Waals surface area contributed by atoms with Crippen LogP contribution in [0.25, 0.3) is 0 Å². The quantitative estimate of drug-likeness (QED) is 0.708. The van der Waals surface area contributed by atoms with Crippen molar-refractivity contribution in [1.29, 1.82) is 5.26 Å². The van der Waals surface area contributed by atoms with Crippen molar-refractivity contribution in [3.8, 4) is 6.07 Å². The fourth-order valence-electron chi connectivity index (χ4n) is 0.830. The Bertz CT molecular complexity index is 164. The molecule has 0 aliphatic heterocycles. The zero-order valence-corrected chi connectivity index (χ0v) is 12.1. The number of nitrogens with zero attached hydrogens (tertiary/aromatic N) is 1. The molecule has 1 radical (unpaired) electrons. The van der Waals surface area contributed by atoms with E-state index < -0.39 is 0 Å². The van der Waals surface area contributed by atoms with Gasteiger partial charge in [-0.1, -0.05) is 33.1 Å². The molecular formula is C11H19NY-2. The first kappa shape index (κ1) is 16.0. The molecule has 0 aliphatic carbocycles. The van der Waals surface area contributed by atoms with Crippen molar-refractivity contribution in [2.75, 3.05) is 0 Å². The van der Waals surface area contributed by atoms with Crippen molar-refractivity contribution in [2.45, 2.75) is 40.5 Å². The van der Waals surface area contributed by atoms with Gasteiger partial charge in [-0.3, -0.25) is 0 Å². The molecule has 0 bridgehead atoms. The minimum atomic E-state index is -0.0534. The van der Waals surface area contributed by atoms with Crippen LogP contribution in [0.1, 0.15) is 40.5 Å². The molecule has 1 unspecified atom stereocenters. The molecule has 2 heteroatoms. The van der Waals surface area contributed by atoms with Gasteiger partial charge >= 0.3 is 0 Å². The van der Waals surface area contributed by atoms with E-state index in [-0.39, 0.29) is 44.0 Å². The van der Waals surface area contributed by atoms with Crippen LogP contribution in [0.2, 0.25) is 0 Å². The summed E-state index contributed by atoms with van der Waals surface area (Å²) in [6.45, 7) is 12.5. The predicted molar refractivity (Wildman–Crippen MR) is 52.1 cm³/mol. The third-order valence-electron chi connectivity index (χ3n) is 2.33. The van der Waals surface area contributed by atoms with Crippen LogP contribution in [0, 0.1) is 35.5 Å². The second kappa shape index (κ2) is 6.96. The van der Waals surface area contributed by atoms with Crippen molar-refractivity contribution in [2.24, 2.45) is 11.3 Å². The van der Waals surface area contributed by atoms with E-state index in [4.69, 9.17) is 5.26 Å². The Balaban J connectivity index is 0. The minimum absolute atomic E-state index is 0. The van der Waals surface area contributed by atoms with Crippen LogP contribution in [0.4, 0.5) is 0 Å². The van der Waals surface area contributed by atoms with E-state index in [2.05, 4.69) is 40.7 Å². The van der Waals surface area contributed by atoms with Crippen molar-refractivity contribution < 1.29 is 32.7 Å².